The second-order valence-corrected chi connectivity index (χ2v) is 7.97. The van der Waals surface area contributed by atoms with Crippen LogP contribution in [0.4, 0.5) is 0 Å². The Bertz CT molecular complexity index is 738. The molecule has 0 spiro atoms. The third kappa shape index (κ3) is 21.8. The van der Waals surface area contributed by atoms with Gasteiger partial charge < -0.3 is 22.9 Å². The number of rotatable bonds is 8. The van der Waals surface area contributed by atoms with Crippen molar-refractivity contribution in [1.29, 1.82) is 0 Å². The van der Waals surface area contributed by atoms with Crippen molar-refractivity contribution in [3.8, 4) is 0 Å². The van der Waals surface area contributed by atoms with Crippen molar-refractivity contribution in [2.75, 3.05) is 13.1 Å². The van der Waals surface area contributed by atoms with Crippen molar-refractivity contribution >= 4 is 45.0 Å². The lowest BCUT2D eigenvalue weighted by Crippen LogP contribution is -2.23. The van der Waals surface area contributed by atoms with E-state index in [1.165, 1.54) is 0 Å². The van der Waals surface area contributed by atoms with E-state index in [1.54, 1.807) is 35.1 Å². The Labute approximate surface area is 177 Å². The van der Waals surface area contributed by atoms with Crippen LogP contribution in [0.1, 0.15) is 22.9 Å². The zero-order valence-electron chi connectivity index (χ0n) is 15.6. The van der Waals surface area contributed by atoms with E-state index in [9.17, 15) is 0 Å². The van der Waals surface area contributed by atoms with Gasteiger partial charge >= 0.3 is 10.4 Å². The van der Waals surface area contributed by atoms with E-state index in [4.69, 9.17) is 40.5 Å². The summed E-state index contributed by atoms with van der Waals surface area (Å²) in [5.74, 6) is 0.322. The Hall–Kier alpha value is -2.33. The average Bonchev–Trinajstić information content (AvgIpc) is 3.28. The van der Waals surface area contributed by atoms with Crippen LogP contribution in [0.5, 0.6) is 0 Å². The second kappa shape index (κ2) is 15.6. The molecule has 2 heterocycles. The highest BCUT2D eigenvalue weighted by atomic mass is 32.3. The maximum atomic E-state index is 8.74. The summed E-state index contributed by atoms with van der Waals surface area (Å²) in [5, 5.41) is 6.22. The van der Waals surface area contributed by atoms with E-state index >= 15 is 0 Å². The Morgan fingerprint density at radius 3 is 1.45 bits per heavy atom. The van der Waals surface area contributed by atoms with E-state index in [-0.39, 0.29) is 11.9 Å². The molecule has 0 atom stereocenters. The standard InChI is InChI=1S/2C7H12N4S.H2O4S/c2*8-7(9)11-3-1-2-6-10-4-5-12-6;1-5(2,3)4/h2*4-5H,1-3H2,(H4,8,9,11);(H2,1,2,3,4). The first-order valence-corrected chi connectivity index (χ1v) is 11.3. The maximum Gasteiger partial charge on any atom is 0.394 e. The lowest BCUT2D eigenvalue weighted by Gasteiger charge is -1.93. The molecule has 10 N–H and O–H groups in total. The summed E-state index contributed by atoms with van der Waals surface area (Å²) in [7, 11) is -4.67. The van der Waals surface area contributed by atoms with Gasteiger partial charge in [-0.15, -0.1) is 22.7 Å². The largest absolute Gasteiger partial charge is 0.394 e. The van der Waals surface area contributed by atoms with Crippen LogP contribution in [-0.2, 0) is 23.2 Å². The molecule has 0 radical (unpaired) electrons. The number of aromatic nitrogens is 2. The van der Waals surface area contributed by atoms with E-state index < -0.39 is 10.4 Å². The fraction of sp³-hybridized carbons (Fsp3) is 0.429. The van der Waals surface area contributed by atoms with Crippen molar-refractivity contribution in [3.05, 3.63) is 33.2 Å². The third-order valence-corrected chi connectivity index (χ3v) is 4.33. The van der Waals surface area contributed by atoms with E-state index in [0.29, 0.717) is 13.1 Å². The molecule has 0 saturated carbocycles. The van der Waals surface area contributed by atoms with Crippen LogP contribution >= 0.6 is 22.7 Å². The topological polar surface area (TPSA) is 229 Å². The number of hydrogen-bond acceptors (Lipinski definition) is 8. The number of thiazole rings is 2. The number of aliphatic imine (C=N–C) groups is 2. The van der Waals surface area contributed by atoms with Gasteiger partial charge in [-0.1, -0.05) is 0 Å². The molecular weight excluding hydrogens is 440 g/mol. The summed E-state index contributed by atoms with van der Waals surface area (Å²) in [6.07, 6.45) is 7.42. The SMILES string of the molecule is NC(N)=NCCCc1nccs1.NC(N)=NCCCc1nccs1.O=S(=O)(O)O. The summed E-state index contributed by atoms with van der Waals surface area (Å²) >= 11 is 3.32. The molecule has 2 aromatic rings. The predicted octanol–water partition coefficient (Wildman–Crippen LogP) is 0.0454. The molecule has 0 aliphatic heterocycles. The number of nitrogens with two attached hydrogens (primary N) is 4. The highest BCUT2D eigenvalue weighted by Gasteiger charge is 1.94. The number of guanidine groups is 2. The van der Waals surface area contributed by atoms with Crippen molar-refractivity contribution in [3.63, 3.8) is 0 Å². The Morgan fingerprint density at radius 2 is 1.21 bits per heavy atom. The minimum Gasteiger partial charge on any atom is -0.370 e. The summed E-state index contributed by atoms with van der Waals surface area (Å²) in [5.41, 5.74) is 20.7. The number of aryl methyl sites for hydroxylation is 2. The predicted molar refractivity (Wildman–Crippen MR) is 116 cm³/mol. The number of nitrogens with zero attached hydrogens (tertiary/aromatic N) is 4. The van der Waals surface area contributed by atoms with Crippen LogP contribution in [-0.4, -0.2) is 52.5 Å². The Balaban J connectivity index is 0.000000442. The summed E-state index contributed by atoms with van der Waals surface area (Å²) in [6.45, 7) is 1.36. The van der Waals surface area contributed by atoms with E-state index in [0.717, 1.165) is 35.7 Å². The highest BCUT2D eigenvalue weighted by Crippen LogP contribution is 2.07. The zero-order chi connectivity index (χ0) is 22.1. The summed E-state index contributed by atoms with van der Waals surface area (Å²) in [4.78, 5) is 16.0. The van der Waals surface area contributed by atoms with Crippen molar-refractivity contribution in [1.82, 2.24) is 9.97 Å². The molecule has 0 fully saturated rings. The highest BCUT2D eigenvalue weighted by molar-refractivity contribution is 7.79. The molecule has 0 unspecified atom stereocenters. The lowest BCUT2D eigenvalue weighted by atomic mass is 10.3. The number of hydrogen-bond donors (Lipinski definition) is 6. The first kappa shape index (κ1) is 26.7. The van der Waals surface area contributed by atoms with Gasteiger partial charge in [-0.2, -0.15) is 8.42 Å². The quantitative estimate of drug-likeness (QED) is 0.132. The van der Waals surface area contributed by atoms with Crippen molar-refractivity contribution in [2.24, 2.45) is 32.9 Å². The monoisotopic (exact) mass is 466 g/mol. The molecule has 0 amide bonds. The van der Waals surface area contributed by atoms with Gasteiger partial charge in [-0.25, -0.2) is 9.97 Å². The molecule has 2 aromatic heterocycles. The van der Waals surface area contributed by atoms with Gasteiger partial charge in [0, 0.05) is 49.1 Å². The smallest absolute Gasteiger partial charge is 0.370 e. The van der Waals surface area contributed by atoms with Gasteiger partial charge in [0.05, 0.1) is 10.0 Å². The van der Waals surface area contributed by atoms with Crippen LogP contribution in [0.3, 0.4) is 0 Å². The molecular formula is C14H26N8O4S3. The average molecular weight is 467 g/mol. The van der Waals surface area contributed by atoms with Crippen LogP contribution in [0, 0.1) is 0 Å². The minimum atomic E-state index is -4.67. The first-order valence-electron chi connectivity index (χ1n) is 8.15. The molecule has 0 saturated heterocycles. The second-order valence-electron chi connectivity index (χ2n) is 5.12. The fourth-order valence-corrected chi connectivity index (χ4v) is 2.96. The Kier molecular flexibility index (Phi) is 14.3. The van der Waals surface area contributed by atoms with Crippen LogP contribution in [0.15, 0.2) is 33.1 Å². The van der Waals surface area contributed by atoms with Crippen molar-refractivity contribution in [2.45, 2.75) is 25.7 Å². The van der Waals surface area contributed by atoms with Gasteiger partial charge in [-0.05, 0) is 12.8 Å². The molecule has 29 heavy (non-hydrogen) atoms. The summed E-state index contributed by atoms with van der Waals surface area (Å²) in [6, 6.07) is 0. The van der Waals surface area contributed by atoms with Crippen LogP contribution in [0.2, 0.25) is 0 Å². The van der Waals surface area contributed by atoms with E-state index in [2.05, 4.69) is 20.0 Å². The van der Waals surface area contributed by atoms with Crippen LogP contribution in [0.25, 0.3) is 0 Å². The maximum absolute atomic E-state index is 8.74. The van der Waals surface area contributed by atoms with Crippen LogP contribution < -0.4 is 22.9 Å². The summed E-state index contributed by atoms with van der Waals surface area (Å²) < 4.78 is 31.6. The zero-order valence-corrected chi connectivity index (χ0v) is 18.0. The third-order valence-electron chi connectivity index (χ3n) is 2.65. The molecule has 0 bridgehead atoms. The molecule has 164 valence electrons. The van der Waals surface area contributed by atoms with E-state index in [1.807, 2.05) is 10.8 Å². The minimum absolute atomic E-state index is 0.161. The molecule has 0 aromatic carbocycles. The molecule has 0 aliphatic carbocycles. The molecule has 15 heteroatoms. The Morgan fingerprint density at radius 1 is 0.862 bits per heavy atom. The van der Waals surface area contributed by atoms with Gasteiger partial charge in [-0.3, -0.25) is 19.1 Å². The molecule has 2 rings (SSSR count). The van der Waals surface area contributed by atoms with Gasteiger partial charge in [0.1, 0.15) is 0 Å². The van der Waals surface area contributed by atoms with Gasteiger partial charge in [0.25, 0.3) is 0 Å². The fourth-order valence-electron chi connectivity index (χ4n) is 1.63. The molecule has 12 nitrogen and oxygen atoms in total. The molecule has 0 aliphatic rings. The van der Waals surface area contributed by atoms with Gasteiger partial charge in [0.15, 0.2) is 11.9 Å². The first-order chi connectivity index (χ1) is 13.6. The van der Waals surface area contributed by atoms with Crippen molar-refractivity contribution < 1.29 is 17.5 Å². The lowest BCUT2D eigenvalue weighted by molar-refractivity contribution is 0.381. The normalized spacial score (nSPS) is 10.0. The van der Waals surface area contributed by atoms with Gasteiger partial charge in [0.2, 0.25) is 0 Å².